The molecule has 0 bridgehead atoms. The van der Waals surface area contributed by atoms with E-state index in [0.29, 0.717) is 5.69 Å². The molecule has 2 rings (SSSR count). The summed E-state index contributed by atoms with van der Waals surface area (Å²) in [6.45, 7) is -0.357. The predicted molar refractivity (Wildman–Crippen MR) is 101 cm³/mol. The Kier molecular flexibility index (Phi) is 6.45. The van der Waals surface area contributed by atoms with E-state index in [-0.39, 0.29) is 22.2 Å². The van der Waals surface area contributed by atoms with Crippen LogP contribution in [-0.4, -0.2) is 39.3 Å². The molecule has 0 radical (unpaired) electrons. The molecule has 0 saturated carbocycles. The van der Waals surface area contributed by atoms with Crippen molar-refractivity contribution in [1.29, 1.82) is 0 Å². The Morgan fingerprint density at radius 3 is 2.64 bits per heavy atom. The maximum atomic E-state index is 12.7. The van der Waals surface area contributed by atoms with Gasteiger partial charge in [0, 0.05) is 22.2 Å². The van der Waals surface area contributed by atoms with Crippen molar-refractivity contribution in [2.24, 2.45) is 0 Å². The summed E-state index contributed by atoms with van der Waals surface area (Å²) in [7, 11) is -1.27. The Labute approximate surface area is 159 Å². The van der Waals surface area contributed by atoms with Crippen molar-refractivity contribution in [2.45, 2.75) is 4.90 Å². The Hall–Kier alpha value is -1.61. The Balaban J connectivity index is 2.17. The van der Waals surface area contributed by atoms with Crippen LogP contribution < -0.4 is 10.1 Å². The topological polar surface area (TPSA) is 75.7 Å². The largest absolute Gasteiger partial charge is 0.495 e. The summed E-state index contributed by atoms with van der Waals surface area (Å²) in [4.78, 5) is 12.0. The van der Waals surface area contributed by atoms with Crippen LogP contribution in [0, 0.1) is 0 Å². The van der Waals surface area contributed by atoms with Gasteiger partial charge >= 0.3 is 0 Å². The summed E-state index contributed by atoms with van der Waals surface area (Å²) < 4.78 is 32.2. The molecule has 25 heavy (non-hydrogen) atoms. The zero-order chi connectivity index (χ0) is 18.6. The molecule has 0 unspecified atom stereocenters. The average Bonchev–Trinajstić information content (AvgIpc) is 2.54. The lowest BCUT2D eigenvalue weighted by Crippen LogP contribution is -2.35. The molecule has 0 aliphatic heterocycles. The molecule has 1 N–H and O–H groups in total. The maximum Gasteiger partial charge on any atom is 0.247 e. The number of nitrogens with one attached hydrogen (secondary N) is 1. The van der Waals surface area contributed by atoms with Crippen LogP contribution in [0.25, 0.3) is 0 Å². The predicted octanol–water partition coefficient (Wildman–Crippen LogP) is 3.37. The molecule has 0 atom stereocenters. The number of anilines is 1. The van der Waals surface area contributed by atoms with Gasteiger partial charge in [0.25, 0.3) is 0 Å². The quantitative estimate of drug-likeness (QED) is 0.737. The minimum absolute atomic E-state index is 0.0970. The number of sulfonamides is 1. The van der Waals surface area contributed by atoms with E-state index in [9.17, 15) is 13.2 Å². The first kappa shape index (κ1) is 19.7. The molecular weight excluding hydrogens is 432 g/mol. The second kappa shape index (κ2) is 8.18. The van der Waals surface area contributed by atoms with Crippen molar-refractivity contribution >= 4 is 49.1 Å². The van der Waals surface area contributed by atoms with E-state index in [0.717, 1.165) is 8.78 Å². The van der Waals surface area contributed by atoms with Crippen LogP contribution in [0.3, 0.4) is 0 Å². The SMILES string of the molecule is COc1ccc(Cl)cc1S(=O)(=O)N(C)CC(=O)Nc1cccc(Br)c1. The number of carbonyl (C=O) groups excluding carboxylic acids is 1. The van der Waals surface area contributed by atoms with Crippen LogP contribution in [0.15, 0.2) is 51.8 Å². The van der Waals surface area contributed by atoms with Crippen molar-refractivity contribution in [2.75, 3.05) is 26.0 Å². The second-order valence-electron chi connectivity index (χ2n) is 5.11. The van der Waals surface area contributed by atoms with E-state index < -0.39 is 15.9 Å². The molecule has 0 saturated heterocycles. The zero-order valence-electron chi connectivity index (χ0n) is 13.5. The molecule has 2 aromatic rings. The van der Waals surface area contributed by atoms with Crippen LogP contribution in [0.5, 0.6) is 5.75 Å². The van der Waals surface area contributed by atoms with E-state index in [4.69, 9.17) is 16.3 Å². The number of rotatable bonds is 6. The fourth-order valence-electron chi connectivity index (χ4n) is 2.07. The number of amides is 1. The Bertz CT molecular complexity index is 889. The van der Waals surface area contributed by atoms with Gasteiger partial charge in [-0.25, -0.2) is 8.42 Å². The standard InChI is InChI=1S/C16H16BrClN2O4S/c1-20(10-16(21)19-13-5-3-4-11(17)8-13)25(22,23)15-9-12(18)6-7-14(15)24-2/h3-9H,10H2,1-2H3,(H,19,21). The van der Waals surface area contributed by atoms with Crippen LogP contribution in [0.4, 0.5) is 5.69 Å². The van der Waals surface area contributed by atoms with E-state index >= 15 is 0 Å². The molecule has 9 heteroatoms. The maximum absolute atomic E-state index is 12.7. The molecule has 0 aromatic heterocycles. The molecule has 0 aliphatic rings. The van der Waals surface area contributed by atoms with Gasteiger partial charge in [0.15, 0.2) is 0 Å². The number of hydrogen-bond donors (Lipinski definition) is 1. The van der Waals surface area contributed by atoms with Crippen LogP contribution >= 0.6 is 27.5 Å². The molecular formula is C16H16BrClN2O4S. The summed E-state index contributed by atoms with van der Waals surface area (Å²) in [6.07, 6.45) is 0. The summed E-state index contributed by atoms with van der Waals surface area (Å²) in [5, 5.41) is 2.90. The highest BCUT2D eigenvalue weighted by molar-refractivity contribution is 9.10. The second-order valence-corrected chi connectivity index (χ2v) is 8.48. The van der Waals surface area contributed by atoms with Crippen LogP contribution in [-0.2, 0) is 14.8 Å². The fraction of sp³-hybridized carbons (Fsp3) is 0.188. The fourth-order valence-corrected chi connectivity index (χ4v) is 4.01. The lowest BCUT2D eigenvalue weighted by molar-refractivity contribution is -0.116. The Morgan fingerprint density at radius 2 is 2.00 bits per heavy atom. The first-order chi connectivity index (χ1) is 11.7. The molecule has 0 heterocycles. The third-order valence-electron chi connectivity index (χ3n) is 3.29. The smallest absolute Gasteiger partial charge is 0.247 e. The summed E-state index contributed by atoms with van der Waals surface area (Å²) >= 11 is 9.19. The molecule has 134 valence electrons. The summed E-state index contributed by atoms with van der Waals surface area (Å²) in [5.74, 6) is -0.311. The number of carbonyl (C=O) groups is 1. The Morgan fingerprint density at radius 1 is 1.28 bits per heavy atom. The summed E-state index contributed by atoms with van der Waals surface area (Å²) in [6, 6.07) is 11.3. The number of ether oxygens (including phenoxy) is 1. The lowest BCUT2D eigenvalue weighted by atomic mass is 10.3. The van der Waals surface area contributed by atoms with E-state index in [2.05, 4.69) is 21.2 Å². The molecule has 6 nitrogen and oxygen atoms in total. The lowest BCUT2D eigenvalue weighted by Gasteiger charge is -2.18. The van der Waals surface area contributed by atoms with Gasteiger partial charge in [0.1, 0.15) is 10.6 Å². The van der Waals surface area contributed by atoms with Gasteiger partial charge in [-0.1, -0.05) is 33.6 Å². The third-order valence-corrected chi connectivity index (χ3v) is 5.84. The number of halogens is 2. The number of hydrogen-bond acceptors (Lipinski definition) is 4. The van der Waals surface area contributed by atoms with Crippen molar-refractivity contribution < 1.29 is 17.9 Å². The normalized spacial score (nSPS) is 11.4. The van der Waals surface area contributed by atoms with Crippen LogP contribution in [0.2, 0.25) is 5.02 Å². The monoisotopic (exact) mass is 446 g/mol. The van der Waals surface area contributed by atoms with Gasteiger partial charge in [-0.05, 0) is 36.4 Å². The van der Waals surface area contributed by atoms with Crippen molar-refractivity contribution in [3.63, 3.8) is 0 Å². The van der Waals surface area contributed by atoms with Crippen molar-refractivity contribution in [3.8, 4) is 5.75 Å². The summed E-state index contributed by atoms with van der Waals surface area (Å²) in [5.41, 5.74) is 0.561. The minimum Gasteiger partial charge on any atom is -0.495 e. The van der Waals surface area contributed by atoms with E-state index in [1.807, 2.05) is 6.07 Å². The third kappa shape index (κ3) is 4.94. The highest BCUT2D eigenvalue weighted by Crippen LogP contribution is 2.29. The van der Waals surface area contributed by atoms with Gasteiger partial charge in [-0.2, -0.15) is 4.31 Å². The molecule has 1 amide bonds. The molecule has 0 spiro atoms. The molecule has 0 aliphatic carbocycles. The van der Waals surface area contributed by atoms with Gasteiger partial charge in [0.2, 0.25) is 15.9 Å². The van der Waals surface area contributed by atoms with Gasteiger partial charge in [0.05, 0.1) is 13.7 Å². The average molecular weight is 448 g/mol. The molecule has 2 aromatic carbocycles. The van der Waals surface area contributed by atoms with Crippen molar-refractivity contribution in [3.05, 3.63) is 52.0 Å². The number of benzene rings is 2. The van der Waals surface area contributed by atoms with Gasteiger partial charge in [-0.15, -0.1) is 0 Å². The highest BCUT2D eigenvalue weighted by Gasteiger charge is 2.26. The van der Waals surface area contributed by atoms with Crippen LogP contribution in [0.1, 0.15) is 0 Å². The zero-order valence-corrected chi connectivity index (χ0v) is 16.7. The highest BCUT2D eigenvalue weighted by atomic mass is 79.9. The number of methoxy groups -OCH3 is 1. The first-order valence-corrected chi connectivity index (χ1v) is 9.70. The number of nitrogens with zero attached hydrogens (tertiary/aromatic N) is 1. The van der Waals surface area contributed by atoms with E-state index in [1.165, 1.54) is 32.4 Å². The van der Waals surface area contributed by atoms with Gasteiger partial charge in [-0.3, -0.25) is 4.79 Å². The first-order valence-electron chi connectivity index (χ1n) is 7.09. The molecule has 0 fully saturated rings. The van der Waals surface area contributed by atoms with E-state index in [1.54, 1.807) is 18.2 Å². The van der Waals surface area contributed by atoms with Gasteiger partial charge < -0.3 is 10.1 Å². The van der Waals surface area contributed by atoms with Crippen molar-refractivity contribution in [1.82, 2.24) is 4.31 Å². The number of likely N-dealkylation sites (N-methyl/N-ethyl adjacent to an activating group) is 1. The minimum atomic E-state index is -3.95.